The second-order valence-corrected chi connectivity index (χ2v) is 6.68. The summed E-state index contributed by atoms with van der Waals surface area (Å²) in [7, 11) is 0. The molecular formula is C22H24F3N. The molecule has 138 valence electrons. The van der Waals surface area contributed by atoms with Gasteiger partial charge in [-0.05, 0) is 73.7 Å². The fraction of sp³-hybridized carbons (Fsp3) is 0.273. The molecule has 4 heteroatoms. The fourth-order valence-electron chi connectivity index (χ4n) is 2.65. The molecule has 0 aromatic heterocycles. The van der Waals surface area contributed by atoms with Crippen molar-refractivity contribution in [2.75, 3.05) is 0 Å². The van der Waals surface area contributed by atoms with Crippen LogP contribution in [0.15, 0.2) is 54.6 Å². The predicted octanol–water partition coefficient (Wildman–Crippen LogP) is 6.59. The number of hydrogen-bond acceptors (Lipinski definition) is 1. The summed E-state index contributed by atoms with van der Waals surface area (Å²) in [4.78, 5) is 0. The summed E-state index contributed by atoms with van der Waals surface area (Å²) in [6.07, 6.45) is -4.33. The molecule has 0 radical (unpaired) electrons. The lowest BCUT2D eigenvalue weighted by atomic mass is 9.95. The van der Waals surface area contributed by atoms with Crippen LogP contribution >= 0.6 is 0 Å². The molecule has 1 nitrogen and oxygen atoms in total. The second kappa shape index (κ2) is 7.81. The Morgan fingerprint density at radius 3 is 2.35 bits per heavy atom. The molecule has 0 spiro atoms. The van der Waals surface area contributed by atoms with Gasteiger partial charge in [0, 0.05) is 12.2 Å². The molecule has 2 aromatic rings. The summed E-state index contributed by atoms with van der Waals surface area (Å²) < 4.78 is 38.4. The van der Waals surface area contributed by atoms with Gasteiger partial charge in [0.2, 0.25) is 0 Å². The standard InChI is InChI=1S/C22H24F3N/c1-14(2)16(4)21-12-19(10-9-15(21)3)17(5)26-13-18-7-6-8-20(11-18)22(23,24)25/h6-12,26H,5,13H2,1-4H3. The van der Waals surface area contributed by atoms with E-state index in [1.807, 2.05) is 12.1 Å². The minimum atomic E-state index is -4.33. The molecule has 2 rings (SSSR count). The molecule has 1 N–H and O–H groups in total. The predicted molar refractivity (Wildman–Crippen MR) is 102 cm³/mol. The van der Waals surface area contributed by atoms with Crippen molar-refractivity contribution in [3.63, 3.8) is 0 Å². The highest BCUT2D eigenvalue weighted by molar-refractivity contribution is 5.73. The number of nitrogens with one attached hydrogen (secondary N) is 1. The highest BCUT2D eigenvalue weighted by atomic mass is 19.4. The molecule has 0 aliphatic heterocycles. The van der Waals surface area contributed by atoms with Crippen molar-refractivity contribution in [2.45, 2.75) is 40.4 Å². The van der Waals surface area contributed by atoms with Gasteiger partial charge in [-0.1, -0.05) is 36.4 Å². The average molecular weight is 359 g/mol. The van der Waals surface area contributed by atoms with Crippen molar-refractivity contribution in [2.24, 2.45) is 0 Å². The number of halogens is 3. The number of benzene rings is 2. The summed E-state index contributed by atoms with van der Waals surface area (Å²) >= 11 is 0. The van der Waals surface area contributed by atoms with Crippen LogP contribution in [-0.4, -0.2) is 0 Å². The summed E-state index contributed by atoms with van der Waals surface area (Å²) in [6, 6.07) is 11.4. The van der Waals surface area contributed by atoms with Gasteiger partial charge in [0.05, 0.1) is 5.56 Å². The Hall–Kier alpha value is -2.49. The Balaban J connectivity index is 2.17. The molecule has 0 atom stereocenters. The highest BCUT2D eigenvalue weighted by Crippen LogP contribution is 2.30. The van der Waals surface area contributed by atoms with Gasteiger partial charge in [-0.25, -0.2) is 0 Å². The van der Waals surface area contributed by atoms with Crippen LogP contribution in [0.3, 0.4) is 0 Å². The zero-order valence-corrected chi connectivity index (χ0v) is 15.6. The zero-order valence-electron chi connectivity index (χ0n) is 15.6. The molecule has 0 bridgehead atoms. The molecule has 26 heavy (non-hydrogen) atoms. The quantitative estimate of drug-likeness (QED) is 0.635. The Morgan fingerprint density at radius 2 is 1.73 bits per heavy atom. The monoisotopic (exact) mass is 359 g/mol. The van der Waals surface area contributed by atoms with Crippen LogP contribution < -0.4 is 5.32 Å². The maximum Gasteiger partial charge on any atom is 0.416 e. The van der Waals surface area contributed by atoms with E-state index in [2.05, 4.69) is 45.7 Å². The molecular weight excluding hydrogens is 335 g/mol. The SMILES string of the molecule is C=C(NCc1cccc(C(F)(F)F)c1)c1ccc(C)c(C(C)=C(C)C)c1. The number of allylic oxidation sites excluding steroid dienone is 2. The van der Waals surface area contributed by atoms with E-state index in [1.165, 1.54) is 22.8 Å². The number of aryl methyl sites for hydroxylation is 1. The van der Waals surface area contributed by atoms with E-state index in [0.717, 1.165) is 23.3 Å². The van der Waals surface area contributed by atoms with Gasteiger partial charge in [-0.3, -0.25) is 0 Å². The molecule has 0 fully saturated rings. The smallest absolute Gasteiger partial charge is 0.381 e. The van der Waals surface area contributed by atoms with Crippen LogP contribution in [0.2, 0.25) is 0 Å². The van der Waals surface area contributed by atoms with Crippen molar-refractivity contribution >= 4 is 11.3 Å². The first-order valence-electron chi connectivity index (χ1n) is 8.44. The second-order valence-electron chi connectivity index (χ2n) is 6.68. The van der Waals surface area contributed by atoms with E-state index < -0.39 is 11.7 Å². The Morgan fingerprint density at radius 1 is 1.04 bits per heavy atom. The maximum atomic E-state index is 12.8. The van der Waals surface area contributed by atoms with E-state index in [0.29, 0.717) is 11.3 Å². The van der Waals surface area contributed by atoms with E-state index in [4.69, 9.17) is 0 Å². The summed E-state index contributed by atoms with van der Waals surface area (Å²) in [5.41, 5.74) is 6.34. The summed E-state index contributed by atoms with van der Waals surface area (Å²) in [6.45, 7) is 12.6. The van der Waals surface area contributed by atoms with E-state index in [9.17, 15) is 13.2 Å². The third-order valence-electron chi connectivity index (χ3n) is 4.50. The third-order valence-corrected chi connectivity index (χ3v) is 4.50. The molecule has 0 saturated heterocycles. The van der Waals surface area contributed by atoms with Crippen LogP contribution in [-0.2, 0) is 12.7 Å². The Bertz CT molecular complexity index is 841. The van der Waals surface area contributed by atoms with Gasteiger partial charge < -0.3 is 5.32 Å². The van der Waals surface area contributed by atoms with Crippen LogP contribution in [0.4, 0.5) is 13.2 Å². The van der Waals surface area contributed by atoms with Crippen LogP contribution in [0, 0.1) is 6.92 Å². The van der Waals surface area contributed by atoms with E-state index in [1.54, 1.807) is 6.07 Å². The van der Waals surface area contributed by atoms with Gasteiger partial charge >= 0.3 is 6.18 Å². The molecule has 0 heterocycles. The number of rotatable bonds is 5. The Labute approximate surface area is 153 Å². The van der Waals surface area contributed by atoms with E-state index in [-0.39, 0.29) is 6.54 Å². The first-order chi connectivity index (χ1) is 12.1. The third kappa shape index (κ3) is 4.78. The van der Waals surface area contributed by atoms with Crippen molar-refractivity contribution in [3.05, 3.63) is 82.4 Å². The Kier molecular flexibility index (Phi) is 5.96. The fourth-order valence-corrected chi connectivity index (χ4v) is 2.65. The molecule has 0 unspecified atom stereocenters. The summed E-state index contributed by atoms with van der Waals surface area (Å²) in [5.74, 6) is 0. The molecule has 0 aliphatic carbocycles. The van der Waals surface area contributed by atoms with Gasteiger partial charge in [-0.2, -0.15) is 13.2 Å². The van der Waals surface area contributed by atoms with E-state index >= 15 is 0 Å². The normalized spacial score (nSPS) is 11.2. The minimum absolute atomic E-state index is 0.285. The lowest BCUT2D eigenvalue weighted by Crippen LogP contribution is -2.12. The van der Waals surface area contributed by atoms with Crippen LogP contribution in [0.1, 0.15) is 48.6 Å². The van der Waals surface area contributed by atoms with Gasteiger partial charge in [0.15, 0.2) is 0 Å². The largest absolute Gasteiger partial charge is 0.416 e. The molecule has 2 aromatic carbocycles. The van der Waals surface area contributed by atoms with Gasteiger partial charge in [-0.15, -0.1) is 0 Å². The summed E-state index contributed by atoms with van der Waals surface area (Å²) in [5, 5.41) is 3.13. The molecule has 0 amide bonds. The average Bonchev–Trinajstić information content (AvgIpc) is 2.59. The lowest BCUT2D eigenvalue weighted by Gasteiger charge is -2.15. The number of alkyl halides is 3. The molecule has 0 aliphatic rings. The van der Waals surface area contributed by atoms with Crippen LogP contribution in [0.5, 0.6) is 0 Å². The highest BCUT2D eigenvalue weighted by Gasteiger charge is 2.30. The number of hydrogen-bond donors (Lipinski definition) is 1. The lowest BCUT2D eigenvalue weighted by molar-refractivity contribution is -0.137. The van der Waals surface area contributed by atoms with Gasteiger partial charge in [0.25, 0.3) is 0 Å². The zero-order chi connectivity index (χ0) is 19.5. The van der Waals surface area contributed by atoms with Crippen LogP contribution in [0.25, 0.3) is 11.3 Å². The van der Waals surface area contributed by atoms with Crippen molar-refractivity contribution in [1.29, 1.82) is 0 Å². The first-order valence-corrected chi connectivity index (χ1v) is 8.44. The van der Waals surface area contributed by atoms with Crippen molar-refractivity contribution in [1.82, 2.24) is 5.32 Å². The minimum Gasteiger partial charge on any atom is -0.381 e. The van der Waals surface area contributed by atoms with Gasteiger partial charge in [0.1, 0.15) is 0 Å². The van der Waals surface area contributed by atoms with Crippen molar-refractivity contribution < 1.29 is 13.2 Å². The molecule has 0 saturated carbocycles. The van der Waals surface area contributed by atoms with Crippen molar-refractivity contribution in [3.8, 4) is 0 Å². The first kappa shape index (κ1) is 19.8. The maximum absolute atomic E-state index is 12.8. The topological polar surface area (TPSA) is 12.0 Å².